The van der Waals surface area contributed by atoms with Gasteiger partial charge in [-0.15, -0.1) is 11.6 Å². The molecule has 152 valence electrons. The number of amides is 3. The highest BCUT2D eigenvalue weighted by Gasteiger charge is 2.41. The van der Waals surface area contributed by atoms with Crippen molar-refractivity contribution >= 4 is 35.0 Å². The second-order valence-electron chi connectivity index (χ2n) is 7.93. The van der Waals surface area contributed by atoms with Crippen molar-refractivity contribution in [3.8, 4) is 5.75 Å². The lowest BCUT2D eigenvalue weighted by Crippen LogP contribution is -2.48. The minimum absolute atomic E-state index is 0.0104. The third kappa shape index (κ3) is 4.24. The molecule has 8 heteroatoms. The van der Waals surface area contributed by atoms with Crippen molar-refractivity contribution in [1.29, 1.82) is 0 Å². The zero-order valence-electron chi connectivity index (χ0n) is 16.5. The second kappa shape index (κ2) is 7.99. The van der Waals surface area contributed by atoms with Gasteiger partial charge in [-0.3, -0.25) is 19.3 Å². The Morgan fingerprint density at radius 3 is 2.43 bits per heavy atom. The molecule has 1 aliphatic heterocycles. The first-order valence-corrected chi connectivity index (χ1v) is 9.89. The van der Waals surface area contributed by atoms with E-state index < -0.39 is 5.41 Å². The summed E-state index contributed by atoms with van der Waals surface area (Å²) in [5.41, 5.74) is -0.0140. The molecule has 0 aromatic heterocycles. The van der Waals surface area contributed by atoms with Gasteiger partial charge in [0.25, 0.3) is 0 Å². The summed E-state index contributed by atoms with van der Waals surface area (Å²) in [6.07, 6.45) is 1.79. The monoisotopic (exact) mass is 407 g/mol. The highest BCUT2D eigenvalue weighted by atomic mass is 35.5. The van der Waals surface area contributed by atoms with Gasteiger partial charge in [0.2, 0.25) is 17.7 Å². The van der Waals surface area contributed by atoms with E-state index in [1.54, 1.807) is 55.0 Å². The van der Waals surface area contributed by atoms with Crippen LogP contribution in [-0.4, -0.2) is 66.3 Å². The van der Waals surface area contributed by atoms with Crippen molar-refractivity contribution in [2.24, 2.45) is 5.41 Å². The highest BCUT2D eigenvalue weighted by Crippen LogP contribution is 2.32. The number of ether oxygens (including phenoxy) is 1. The van der Waals surface area contributed by atoms with Crippen molar-refractivity contribution in [3.63, 3.8) is 0 Å². The summed E-state index contributed by atoms with van der Waals surface area (Å²) in [6.45, 7) is 3.74. The van der Waals surface area contributed by atoms with Crippen LogP contribution in [0.3, 0.4) is 0 Å². The highest BCUT2D eigenvalue weighted by molar-refractivity contribution is 6.19. The van der Waals surface area contributed by atoms with Gasteiger partial charge in [0.1, 0.15) is 25.5 Å². The van der Waals surface area contributed by atoms with Gasteiger partial charge in [-0.05, 0) is 51.0 Å². The zero-order chi connectivity index (χ0) is 20.5. The number of nitrogens with zero attached hydrogens (tertiary/aromatic N) is 3. The molecule has 1 heterocycles. The van der Waals surface area contributed by atoms with E-state index in [1.165, 1.54) is 4.90 Å². The second-order valence-corrected chi connectivity index (χ2v) is 8.20. The lowest BCUT2D eigenvalue weighted by atomic mass is 9.94. The molecular weight excluding hydrogens is 382 g/mol. The van der Waals surface area contributed by atoms with E-state index in [4.69, 9.17) is 16.3 Å². The molecule has 3 amide bonds. The smallest absolute Gasteiger partial charge is 0.248 e. The third-order valence-electron chi connectivity index (χ3n) is 5.14. The van der Waals surface area contributed by atoms with E-state index >= 15 is 0 Å². The Labute approximate surface area is 170 Å². The number of rotatable bonds is 7. The molecule has 1 aromatic rings. The molecule has 2 fully saturated rings. The minimum atomic E-state index is -0.722. The summed E-state index contributed by atoms with van der Waals surface area (Å²) >= 11 is 5.95. The third-order valence-corrected chi connectivity index (χ3v) is 5.81. The number of methoxy groups -OCH3 is 1. The Balaban J connectivity index is 1.67. The Kier molecular flexibility index (Phi) is 5.84. The van der Waals surface area contributed by atoms with Crippen LogP contribution < -0.4 is 9.64 Å². The molecular formula is C20H26ClN3O4. The summed E-state index contributed by atoms with van der Waals surface area (Å²) in [5.74, 6) is 0.398. The Morgan fingerprint density at radius 1 is 1.25 bits per heavy atom. The minimum Gasteiger partial charge on any atom is -0.497 e. The first kappa shape index (κ1) is 20.5. The Hall–Kier alpha value is -2.28. The summed E-state index contributed by atoms with van der Waals surface area (Å²) in [4.78, 5) is 42.7. The van der Waals surface area contributed by atoms with E-state index in [0.29, 0.717) is 11.4 Å². The molecule has 7 nitrogen and oxygen atoms in total. The molecule has 1 aliphatic carbocycles. The van der Waals surface area contributed by atoms with Crippen LogP contribution >= 0.6 is 11.6 Å². The number of benzene rings is 1. The molecule has 1 saturated heterocycles. The average Bonchev–Trinajstić information content (AvgIpc) is 3.46. The molecule has 0 atom stereocenters. The van der Waals surface area contributed by atoms with Crippen LogP contribution in [0.4, 0.5) is 5.69 Å². The van der Waals surface area contributed by atoms with Gasteiger partial charge < -0.3 is 14.5 Å². The van der Waals surface area contributed by atoms with Crippen LogP contribution in [0.2, 0.25) is 0 Å². The van der Waals surface area contributed by atoms with Crippen molar-refractivity contribution in [2.45, 2.75) is 32.7 Å². The first-order valence-electron chi connectivity index (χ1n) is 9.36. The quantitative estimate of drug-likeness (QED) is 0.649. The number of anilines is 1. The Morgan fingerprint density at radius 2 is 1.89 bits per heavy atom. The molecule has 1 aromatic carbocycles. The van der Waals surface area contributed by atoms with Crippen LogP contribution in [0.1, 0.15) is 26.7 Å². The Bertz CT molecular complexity index is 761. The van der Waals surface area contributed by atoms with Gasteiger partial charge in [-0.2, -0.15) is 0 Å². The van der Waals surface area contributed by atoms with Crippen molar-refractivity contribution < 1.29 is 19.1 Å². The number of halogens is 1. The van der Waals surface area contributed by atoms with E-state index in [2.05, 4.69) is 0 Å². The standard InChI is InChI=1S/C20H26ClN3O4/c1-20(2,12-21)19(27)23(14-4-5-14)11-17(25)22-10-18(26)24(13-22)15-6-8-16(28-3)9-7-15/h6-9,14H,4-5,10-13H2,1-3H3. The lowest BCUT2D eigenvalue weighted by molar-refractivity contribution is -0.145. The number of hydrogen-bond donors (Lipinski definition) is 0. The average molecular weight is 408 g/mol. The van der Waals surface area contributed by atoms with Gasteiger partial charge in [0.05, 0.1) is 12.5 Å². The van der Waals surface area contributed by atoms with Crippen LogP contribution in [-0.2, 0) is 14.4 Å². The van der Waals surface area contributed by atoms with Crippen LogP contribution in [0.5, 0.6) is 5.75 Å². The van der Waals surface area contributed by atoms with Crippen LogP contribution in [0.25, 0.3) is 0 Å². The molecule has 0 spiro atoms. The molecule has 0 bridgehead atoms. The van der Waals surface area contributed by atoms with Gasteiger partial charge in [-0.1, -0.05) is 0 Å². The molecule has 1 saturated carbocycles. The molecule has 2 aliphatic rings. The fraction of sp³-hybridized carbons (Fsp3) is 0.550. The number of hydrogen-bond acceptors (Lipinski definition) is 4. The molecule has 3 rings (SSSR count). The summed E-state index contributed by atoms with van der Waals surface area (Å²) in [5, 5.41) is 0. The van der Waals surface area contributed by atoms with Crippen molar-refractivity contribution in [2.75, 3.05) is 37.6 Å². The summed E-state index contributed by atoms with van der Waals surface area (Å²) in [6, 6.07) is 7.21. The first-order chi connectivity index (χ1) is 13.3. The number of carbonyl (C=O) groups excluding carboxylic acids is 3. The number of alkyl halides is 1. The predicted octanol–water partition coefficient (Wildman–Crippen LogP) is 2.08. The van der Waals surface area contributed by atoms with E-state index in [9.17, 15) is 14.4 Å². The maximum absolute atomic E-state index is 12.8. The van der Waals surface area contributed by atoms with E-state index in [0.717, 1.165) is 12.8 Å². The molecule has 28 heavy (non-hydrogen) atoms. The molecule has 0 N–H and O–H groups in total. The van der Waals surface area contributed by atoms with Gasteiger partial charge in [0, 0.05) is 17.6 Å². The predicted molar refractivity (Wildman–Crippen MR) is 106 cm³/mol. The largest absolute Gasteiger partial charge is 0.497 e. The van der Waals surface area contributed by atoms with E-state index in [-0.39, 0.29) is 49.4 Å². The molecule has 0 unspecified atom stereocenters. The van der Waals surface area contributed by atoms with Crippen LogP contribution in [0, 0.1) is 5.41 Å². The van der Waals surface area contributed by atoms with Crippen LogP contribution in [0.15, 0.2) is 24.3 Å². The molecule has 0 radical (unpaired) electrons. The zero-order valence-corrected chi connectivity index (χ0v) is 17.2. The van der Waals surface area contributed by atoms with Crippen molar-refractivity contribution in [1.82, 2.24) is 9.80 Å². The van der Waals surface area contributed by atoms with Gasteiger partial charge >= 0.3 is 0 Å². The number of carbonyl (C=O) groups is 3. The topological polar surface area (TPSA) is 70.2 Å². The fourth-order valence-electron chi connectivity index (χ4n) is 3.15. The maximum Gasteiger partial charge on any atom is 0.248 e. The van der Waals surface area contributed by atoms with Gasteiger partial charge in [0.15, 0.2) is 0 Å². The maximum atomic E-state index is 12.8. The SMILES string of the molecule is COc1ccc(N2CN(C(=O)CN(C(=O)C(C)(C)CCl)C3CC3)CC2=O)cc1. The van der Waals surface area contributed by atoms with E-state index in [1.807, 2.05) is 0 Å². The lowest BCUT2D eigenvalue weighted by Gasteiger charge is -2.31. The van der Waals surface area contributed by atoms with Gasteiger partial charge in [-0.25, -0.2) is 0 Å². The van der Waals surface area contributed by atoms with Crippen molar-refractivity contribution in [3.05, 3.63) is 24.3 Å². The summed E-state index contributed by atoms with van der Waals surface area (Å²) in [7, 11) is 1.58. The summed E-state index contributed by atoms with van der Waals surface area (Å²) < 4.78 is 5.13. The fourth-order valence-corrected chi connectivity index (χ4v) is 3.26. The normalized spacial score (nSPS) is 17.1.